The van der Waals surface area contributed by atoms with Crippen LogP contribution in [-0.2, 0) is 0 Å². The van der Waals surface area contributed by atoms with Gasteiger partial charge in [0, 0.05) is 5.92 Å². The van der Waals surface area contributed by atoms with Crippen molar-refractivity contribution in [3.8, 4) is 0 Å². The second kappa shape index (κ2) is 5.08. The van der Waals surface area contributed by atoms with Crippen LogP contribution in [0.5, 0.6) is 0 Å². The standard InChI is InChI=1S/C10H16/c1-5-7-10(8-6-2)9(3)4/h7,10H,1,3,6,8H2,2,4H3. The van der Waals surface area contributed by atoms with Gasteiger partial charge in [-0.25, -0.2) is 0 Å². The smallest absolute Gasteiger partial charge is 0.00469 e. The molecule has 0 nitrogen and oxygen atoms in total. The van der Waals surface area contributed by atoms with E-state index in [1.807, 2.05) is 13.0 Å². The second-order valence-electron chi connectivity index (χ2n) is 2.61. The molecule has 0 heteroatoms. The van der Waals surface area contributed by atoms with Gasteiger partial charge in [-0.05, 0) is 19.4 Å². The van der Waals surface area contributed by atoms with Crippen LogP contribution in [0.1, 0.15) is 26.7 Å². The molecule has 0 radical (unpaired) electrons. The minimum atomic E-state index is 0.488. The highest BCUT2D eigenvalue weighted by Gasteiger charge is 2.01. The van der Waals surface area contributed by atoms with Crippen molar-refractivity contribution in [1.82, 2.24) is 0 Å². The molecule has 0 aromatic rings. The van der Waals surface area contributed by atoms with Crippen molar-refractivity contribution in [3.63, 3.8) is 0 Å². The van der Waals surface area contributed by atoms with Crippen molar-refractivity contribution < 1.29 is 0 Å². The van der Waals surface area contributed by atoms with Gasteiger partial charge in [-0.1, -0.05) is 32.1 Å². The molecule has 0 rings (SSSR count). The largest absolute Gasteiger partial charge is 0.132 e. The highest BCUT2D eigenvalue weighted by Crippen LogP contribution is 2.15. The molecule has 0 bridgehead atoms. The minimum Gasteiger partial charge on any atom is -0.132 e. The van der Waals surface area contributed by atoms with Gasteiger partial charge in [-0.2, -0.15) is 0 Å². The van der Waals surface area contributed by atoms with Gasteiger partial charge in [0.25, 0.3) is 0 Å². The molecule has 0 aliphatic heterocycles. The average molecular weight is 136 g/mol. The van der Waals surface area contributed by atoms with Crippen LogP contribution in [0.4, 0.5) is 0 Å². The first-order valence-corrected chi connectivity index (χ1v) is 3.73. The molecular formula is C10H16. The third-order valence-corrected chi connectivity index (χ3v) is 1.55. The Kier molecular flexibility index (Phi) is 4.70. The first-order chi connectivity index (χ1) is 4.72. The summed E-state index contributed by atoms with van der Waals surface area (Å²) < 4.78 is 0. The molecule has 0 heterocycles. The monoisotopic (exact) mass is 136 g/mol. The third-order valence-electron chi connectivity index (χ3n) is 1.55. The van der Waals surface area contributed by atoms with E-state index in [-0.39, 0.29) is 0 Å². The summed E-state index contributed by atoms with van der Waals surface area (Å²) in [6, 6.07) is 0. The molecule has 0 amide bonds. The summed E-state index contributed by atoms with van der Waals surface area (Å²) in [6.07, 6.45) is 4.35. The Labute approximate surface area is 64.0 Å². The van der Waals surface area contributed by atoms with E-state index in [1.54, 1.807) is 0 Å². The molecule has 1 unspecified atom stereocenters. The molecule has 0 fully saturated rings. The Morgan fingerprint density at radius 2 is 2.30 bits per heavy atom. The van der Waals surface area contributed by atoms with Crippen molar-refractivity contribution in [3.05, 3.63) is 30.5 Å². The number of rotatable bonds is 4. The maximum atomic E-state index is 3.89. The Morgan fingerprint density at radius 1 is 1.70 bits per heavy atom. The Bertz CT molecular complexity index is 145. The molecule has 0 N–H and O–H groups in total. The van der Waals surface area contributed by atoms with Gasteiger partial charge < -0.3 is 0 Å². The number of hydrogen-bond acceptors (Lipinski definition) is 0. The van der Waals surface area contributed by atoms with Crippen LogP contribution in [0.15, 0.2) is 30.5 Å². The molecule has 0 saturated heterocycles. The zero-order valence-electron chi connectivity index (χ0n) is 6.98. The molecule has 10 heavy (non-hydrogen) atoms. The van der Waals surface area contributed by atoms with Crippen molar-refractivity contribution in [2.24, 2.45) is 5.92 Å². The molecule has 0 aliphatic carbocycles. The normalized spacial score (nSPS) is 11.8. The molecular weight excluding hydrogens is 120 g/mol. The maximum absolute atomic E-state index is 3.89. The van der Waals surface area contributed by atoms with Crippen molar-refractivity contribution >= 4 is 0 Å². The summed E-state index contributed by atoms with van der Waals surface area (Å²) >= 11 is 0. The summed E-state index contributed by atoms with van der Waals surface area (Å²) in [5, 5.41) is 0. The van der Waals surface area contributed by atoms with E-state index < -0.39 is 0 Å². The van der Waals surface area contributed by atoms with Crippen molar-refractivity contribution in [2.75, 3.05) is 0 Å². The lowest BCUT2D eigenvalue weighted by Crippen LogP contribution is -1.95. The van der Waals surface area contributed by atoms with E-state index in [1.165, 1.54) is 12.0 Å². The molecule has 56 valence electrons. The fraction of sp³-hybridized carbons (Fsp3) is 0.500. The van der Waals surface area contributed by atoms with Gasteiger partial charge in [0.15, 0.2) is 0 Å². The van der Waals surface area contributed by atoms with Crippen LogP contribution in [0.2, 0.25) is 0 Å². The molecule has 0 aromatic carbocycles. The van der Waals surface area contributed by atoms with Gasteiger partial charge in [-0.15, -0.1) is 5.73 Å². The number of allylic oxidation sites excluding steroid dienone is 2. The van der Waals surface area contributed by atoms with E-state index in [0.29, 0.717) is 5.92 Å². The fourth-order valence-electron chi connectivity index (χ4n) is 0.925. The first kappa shape index (κ1) is 9.26. The minimum absolute atomic E-state index is 0.488. The predicted octanol–water partition coefficient (Wildman–Crippen LogP) is 3.32. The van der Waals surface area contributed by atoms with E-state index in [2.05, 4.69) is 25.8 Å². The average Bonchev–Trinajstić information content (AvgIpc) is 1.87. The van der Waals surface area contributed by atoms with Crippen molar-refractivity contribution in [1.29, 1.82) is 0 Å². The van der Waals surface area contributed by atoms with Crippen LogP contribution < -0.4 is 0 Å². The Morgan fingerprint density at radius 3 is 2.60 bits per heavy atom. The van der Waals surface area contributed by atoms with Gasteiger partial charge in [-0.3, -0.25) is 0 Å². The number of hydrogen-bond donors (Lipinski definition) is 0. The van der Waals surface area contributed by atoms with Crippen LogP contribution in [-0.4, -0.2) is 0 Å². The highest BCUT2D eigenvalue weighted by atomic mass is 14.1. The van der Waals surface area contributed by atoms with E-state index in [4.69, 9.17) is 0 Å². The summed E-state index contributed by atoms with van der Waals surface area (Å²) in [4.78, 5) is 0. The fourth-order valence-corrected chi connectivity index (χ4v) is 0.925. The summed E-state index contributed by atoms with van der Waals surface area (Å²) in [5.41, 5.74) is 4.00. The SMILES string of the molecule is C=C=CC(CCC)C(=C)C. The van der Waals surface area contributed by atoms with Crippen molar-refractivity contribution in [2.45, 2.75) is 26.7 Å². The third kappa shape index (κ3) is 3.32. The van der Waals surface area contributed by atoms with Gasteiger partial charge in [0.1, 0.15) is 0 Å². The summed E-state index contributed by atoms with van der Waals surface area (Å²) in [6.45, 7) is 11.7. The van der Waals surface area contributed by atoms with E-state index in [0.717, 1.165) is 6.42 Å². The molecule has 1 atom stereocenters. The lowest BCUT2D eigenvalue weighted by molar-refractivity contribution is 0.660. The Balaban J connectivity index is 3.97. The van der Waals surface area contributed by atoms with Crippen LogP contribution >= 0.6 is 0 Å². The summed E-state index contributed by atoms with van der Waals surface area (Å²) in [7, 11) is 0. The maximum Gasteiger partial charge on any atom is 0.00469 e. The van der Waals surface area contributed by atoms with E-state index >= 15 is 0 Å². The predicted molar refractivity (Wildman–Crippen MR) is 46.9 cm³/mol. The Hall–Kier alpha value is -0.740. The molecule has 0 spiro atoms. The topological polar surface area (TPSA) is 0 Å². The van der Waals surface area contributed by atoms with Crippen LogP contribution in [0.3, 0.4) is 0 Å². The zero-order valence-corrected chi connectivity index (χ0v) is 6.98. The second-order valence-corrected chi connectivity index (χ2v) is 2.61. The summed E-state index contributed by atoms with van der Waals surface area (Å²) in [5.74, 6) is 0.488. The highest BCUT2D eigenvalue weighted by molar-refractivity contribution is 5.05. The van der Waals surface area contributed by atoms with Gasteiger partial charge in [0.2, 0.25) is 0 Å². The first-order valence-electron chi connectivity index (χ1n) is 3.73. The molecule has 0 aliphatic rings. The van der Waals surface area contributed by atoms with E-state index in [9.17, 15) is 0 Å². The van der Waals surface area contributed by atoms with Crippen LogP contribution in [0, 0.1) is 5.92 Å². The quantitative estimate of drug-likeness (QED) is 0.411. The van der Waals surface area contributed by atoms with Crippen LogP contribution in [0.25, 0.3) is 0 Å². The van der Waals surface area contributed by atoms with Gasteiger partial charge in [0.05, 0.1) is 0 Å². The lowest BCUT2D eigenvalue weighted by atomic mass is 9.97. The molecule has 0 saturated carbocycles. The molecule has 0 aromatic heterocycles. The zero-order chi connectivity index (χ0) is 7.98. The van der Waals surface area contributed by atoms with Gasteiger partial charge >= 0.3 is 0 Å². The lowest BCUT2D eigenvalue weighted by Gasteiger charge is -2.08.